The number of piperazine rings is 1. The smallest absolute Gasteiger partial charge is 0.243 e. The average molecular weight is 435 g/mol. The third kappa shape index (κ3) is 3.45. The molecule has 1 unspecified atom stereocenters. The number of ether oxygens (including phenoxy) is 1. The van der Waals surface area contributed by atoms with Crippen molar-refractivity contribution in [3.63, 3.8) is 0 Å². The minimum absolute atomic E-state index is 0.134. The van der Waals surface area contributed by atoms with E-state index in [0.717, 1.165) is 22.4 Å². The maximum absolute atomic E-state index is 13.2. The van der Waals surface area contributed by atoms with E-state index in [-0.39, 0.29) is 12.1 Å². The molecule has 3 saturated heterocycles. The van der Waals surface area contributed by atoms with E-state index < -0.39 is 10.0 Å². The fourth-order valence-electron chi connectivity index (χ4n) is 4.90. The highest BCUT2D eigenvalue weighted by Gasteiger charge is 2.49. The zero-order valence-corrected chi connectivity index (χ0v) is 18.5. The van der Waals surface area contributed by atoms with Crippen molar-refractivity contribution >= 4 is 10.0 Å². The Hall–Kier alpha value is -2.67. The number of nitrogens with zero attached hydrogens (tertiary/aromatic N) is 1. The van der Waals surface area contributed by atoms with E-state index in [1.807, 2.05) is 37.3 Å². The Balaban J connectivity index is 1.34. The molecule has 3 fully saturated rings. The van der Waals surface area contributed by atoms with Crippen LogP contribution in [0.15, 0.2) is 77.7 Å². The van der Waals surface area contributed by atoms with Crippen LogP contribution in [-0.2, 0) is 10.0 Å². The van der Waals surface area contributed by atoms with Crippen LogP contribution in [0.4, 0.5) is 0 Å². The topological polar surface area (TPSA) is 58.6 Å². The summed E-state index contributed by atoms with van der Waals surface area (Å²) in [5.41, 5.74) is 4.22. The number of rotatable bonds is 5. The van der Waals surface area contributed by atoms with Crippen LogP contribution in [0, 0.1) is 6.92 Å². The molecule has 3 aromatic carbocycles. The number of aryl methyl sites for hydroxylation is 1. The minimum Gasteiger partial charge on any atom is -0.496 e. The highest BCUT2D eigenvalue weighted by atomic mass is 32.2. The molecule has 31 heavy (non-hydrogen) atoms. The summed E-state index contributed by atoms with van der Waals surface area (Å²) in [7, 11) is -1.79. The summed E-state index contributed by atoms with van der Waals surface area (Å²) in [6.07, 6.45) is 0. The summed E-state index contributed by atoms with van der Waals surface area (Å²) in [6.45, 7) is 2.83. The van der Waals surface area contributed by atoms with Crippen LogP contribution in [0.3, 0.4) is 0 Å². The van der Waals surface area contributed by atoms with E-state index in [2.05, 4.69) is 35.6 Å². The molecule has 6 rings (SSSR count). The van der Waals surface area contributed by atoms with Gasteiger partial charge in [0.1, 0.15) is 5.75 Å². The second-order valence-corrected chi connectivity index (χ2v) is 10.2. The second-order valence-electron chi connectivity index (χ2n) is 8.32. The molecule has 0 spiro atoms. The van der Waals surface area contributed by atoms with E-state index in [0.29, 0.717) is 23.9 Å². The lowest BCUT2D eigenvalue weighted by Crippen LogP contribution is -2.72. The maximum atomic E-state index is 13.2. The number of para-hydroxylation sites is 1. The molecule has 0 aliphatic carbocycles. The summed E-state index contributed by atoms with van der Waals surface area (Å²) < 4.78 is 33.5. The summed E-state index contributed by atoms with van der Waals surface area (Å²) in [4.78, 5) is 0.411. The average Bonchev–Trinajstić information content (AvgIpc) is 2.80. The highest BCUT2D eigenvalue weighted by Crippen LogP contribution is 2.40. The van der Waals surface area contributed by atoms with Gasteiger partial charge < -0.3 is 10.1 Å². The lowest BCUT2D eigenvalue weighted by molar-refractivity contribution is 0.102. The zero-order valence-electron chi connectivity index (χ0n) is 17.7. The van der Waals surface area contributed by atoms with Gasteiger partial charge >= 0.3 is 0 Å². The molecule has 0 saturated carbocycles. The van der Waals surface area contributed by atoms with Crippen LogP contribution in [0.1, 0.15) is 17.0 Å². The molecule has 3 heterocycles. The van der Waals surface area contributed by atoms with Gasteiger partial charge in [-0.1, -0.05) is 60.7 Å². The third-order valence-corrected chi connectivity index (χ3v) is 8.51. The van der Waals surface area contributed by atoms with Crippen molar-refractivity contribution in [2.24, 2.45) is 0 Å². The second kappa shape index (κ2) is 7.79. The number of fused-ring (bicyclic) bond motifs is 2. The van der Waals surface area contributed by atoms with Gasteiger partial charge in [-0.3, -0.25) is 0 Å². The summed E-state index contributed by atoms with van der Waals surface area (Å²) in [5.74, 6) is 1.18. The Morgan fingerprint density at radius 1 is 0.903 bits per heavy atom. The van der Waals surface area contributed by atoms with E-state index in [9.17, 15) is 8.42 Å². The van der Waals surface area contributed by atoms with Crippen LogP contribution in [0.2, 0.25) is 0 Å². The first-order valence-corrected chi connectivity index (χ1v) is 12.0. The van der Waals surface area contributed by atoms with Crippen molar-refractivity contribution in [3.8, 4) is 16.9 Å². The number of sulfonamides is 1. The number of hydrogen-bond acceptors (Lipinski definition) is 4. The van der Waals surface area contributed by atoms with Crippen molar-refractivity contribution < 1.29 is 13.2 Å². The number of methoxy groups -OCH3 is 1. The Labute approximate surface area is 183 Å². The molecule has 3 aromatic rings. The van der Waals surface area contributed by atoms with Gasteiger partial charge in [0.15, 0.2) is 0 Å². The molecule has 3 atom stereocenters. The highest BCUT2D eigenvalue weighted by molar-refractivity contribution is 7.89. The molecule has 0 amide bonds. The van der Waals surface area contributed by atoms with Gasteiger partial charge in [-0.25, -0.2) is 8.42 Å². The van der Waals surface area contributed by atoms with E-state index >= 15 is 0 Å². The standard InChI is InChI=1S/C25H26N2O3S/c1-17-7-3-6-10-24(17)31(28,29)27-15-21-25(22(16-27)26-21)19-13-11-18(12-14-19)20-8-4-5-9-23(20)30-2/h3-14,21-22,25-26H,15-16H2,1-2H3/t21-,22+,25?. The fourth-order valence-corrected chi connectivity index (χ4v) is 6.62. The normalized spacial score (nSPS) is 23.2. The monoisotopic (exact) mass is 434 g/mol. The molecule has 6 heteroatoms. The number of piperidine rings is 1. The molecule has 3 aliphatic heterocycles. The van der Waals surface area contributed by atoms with Crippen molar-refractivity contribution in [1.82, 2.24) is 9.62 Å². The van der Waals surface area contributed by atoms with Crippen LogP contribution >= 0.6 is 0 Å². The summed E-state index contributed by atoms with van der Waals surface area (Å²) in [5, 5.41) is 3.53. The van der Waals surface area contributed by atoms with Crippen LogP contribution < -0.4 is 10.1 Å². The lowest BCUT2D eigenvalue weighted by atomic mass is 9.75. The first kappa shape index (κ1) is 20.2. The molecular formula is C25H26N2O3S. The van der Waals surface area contributed by atoms with Gasteiger partial charge in [-0.15, -0.1) is 0 Å². The number of benzene rings is 3. The first-order chi connectivity index (χ1) is 15.0. The van der Waals surface area contributed by atoms with Crippen LogP contribution in [-0.4, -0.2) is 45.0 Å². The third-order valence-electron chi connectivity index (χ3n) is 6.52. The molecule has 1 N–H and O–H groups in total. The molecule has 160 valence electrons. The molecular weight excluding hydrogens is 408 g/mol. The number of hydrogen-bond donors (Lipinski definition) is 1. The Morgan fingerprint density at radius 2 is 1.55 bits per heavy atom. The van der Waals surface area contributed by atoms with Crippen molar-refractivity contribution in [3.05, 3.63) is 83.9 Å². The quantitative estimate of drug-likeness (QED) is 0.664. The van der Waals surface area contributed by atoms with E-state index in [1.54, 1.807) is 23.5 Å². The molecule has 0 aromatic heterocycles. The molecule has 0 radical (unpaired) electrons. The zero-order chi connectivity index (χ0) is 21.6. The van der Waals surface area contributed by atoms with Gasteiger partial charge in [-0.05, 0) is 35.7 Å². The number of nitrogens with one attached hydrogen (secondary N) is 1. The van der Waals surface area contributed by atoms with E-state index in [4.69, 9.17) is 4.74 Å². The van der Waals surface area contributed by atoms with Gasteiger partial charge in [0.05, 0.1) is 12.0 Å². The minimum atomic E-state index is -3.47. The SMILES string of the molecule is COc1ccccc1-c1ccc(C2[C@@H]3CN(S(=O)(=O)c4ccccc4C)C[C@H]2N3)cc1. The van der Waals surface area contributed by atoms with Crippen molar-refractivity contribution in [2.75, 3.05) is 20.2 Å². The van der Waals surface area contributed by atoms with Crippen molar-refractivity contribution in [1.29, 1.82) is 0 Å². The summed E-state index contributed by atoms with van der Waals surface area (Å²) in [6, 6.07) is 24.1. The van der Waals surface area contributed by atoms with Gasteiger partial charge in [-0.2, -0.15) is 4.31 Å². The Bertz CT molecular complexity index is 1200. The predicted molar refractivity (Wildman–Crippen MR) is 122 cm³/mol. The summed E-state index contributed by atoms with van der Waals surface area (Å²) >= 11 is 0. The lowest BCUT2D eigenvalue weighted by Gasteiger charge is -2.54. The van der Waals surface area contributed by atoms with E-state index in [1.165, 1.54) is 5.56 Å². The molecule has 5 nitrogen and oxygen atoms in total. The first-order valence-electron chi connectivity index (χ1n) is 10.5. The van der Waals surface area contributed by atoms with Gasteiger partial charge in [0.2, 0.25) is 10.0 Å². The van der Waals surface area contributed by atoms with Crippen LogP contribution in [0.5, 0.6) is 5.75 Å². The molecule has 2 bridgehead atoms. The van der Waals surface area contributed by atoms with Gasteiger partial charge in [0.25, 0.3) is 0 Å². The van der Waals surface area contributed by atoms with Crippen LogP contribution in [0.25, 0.3) is 11.1 Å². The maximum Gasteiger partial charge on any atom is 0.243 e. The largest absolute Gasteiger partial charge is 0.496 e. The Kier molecular flexibility index (Phi) is 5.08. The predicted octanol–water partition coefficient (Wildman–Crippen LogP) is 3.80. The Morgan fingerprint density at radius 3 is 2.23 bits per heavy atom. The fraction of sp³-hybridized carbons (Fsp3) is 0.280. The van der Waals surface area contributed by atoms with Gasteiger partial charge in [0, 0.05) is 36.7 Å². The molecule has 3 aliphatic rings. The van der Waals surface area contributed by atoms with Crippen molar-refractivity contribution in [2.45, 2.75) is 29.8 Å².